The SMILES string of the molecule is CC1=NC2(CCOCC2)C(=O)N1Cc1ccc(-c2cc(Br)ccc2C#N)cc1. The quantitative estimate of drug-likeness (QED) is 0.718. The van der Waals surface area contributed by atoms with E-state index >= 15 is 0 Å². The Bertz CT molecular complexity index is 986. The monoisotopic (exact) mass is 437 g/mol. The van der Waals surface area contributed by atoms with Crippen molar-refractivity contribution in [3.05, 3.63) is 58.1 Å². The van der Waals surface area contributed by atoms with E-state index in [1.807, 2.05) is 49.4 Å². The van der Waals surface area contributed by atoms with E-state index in [0.29, 0.717) is 38.2 Å². The Kier molecular flexibility index (Phi) is 5.05. The molecule has 0 aromatic heterocycles. The highest BCUT2D eigenvalue weighted by molar-refractivity contribution is 9.10. The zero-order chi connectivity index (χ0) is 19.7. The van der Waals surface area contributed by atoms with Crippen molar-refractivity contribution < 1.29 is 9.53 Å². The van der Waals surface area contributed by atoms with Gasteiger partial charge in [0.1, 0.15) is 11.4 Å². The van der Waals surface area contributed by atoms with Gasteiger partial charge < -0.3 is 4.74 Å². The molecule has 5 nitrogen and oxygen atoms in total. The van der Waals surface area contributed by atoms with Crippen LogP contribution in [0.5, 0.6) is 0 Å². The highest BCUT2D eigenvalue weighted by Gasteiger charge is 2.47. The molecule has 0 aliphatic carbocycles. The summed E-state index contributed by atoms with van der Waals surface area (Å²) in [5.74, 6) is 0.853. The van der Waals surface area contributed by atoms with Gasteiger partial charge in [-0.2, -0.15) is 5.26 Å². The fraction of sp³-hybridized carbons (Fsp3) is 0.318. The Morgan fingerprint density at radius 1 is 1.21 bits per heavy atom. The smallest absolute Gasteiger partial charge is 0.256 e. The summed E-state index contributed by atoms with van der Waals surface area (Å²) >= 11 is 3.47. The van der Waals surface area contributed by atoms with E-state index in [0.717, 1.165) is 27.0 Å². The first-order valence-corrected chi connectivity index (χ1v) is 10.1. The van der Waals surface area contributed by atoms with Crippen LogP contribution in [0, 0.1) is 11.3 Å². The van der Waals surface area contributed by atoms with Crippen molar-refractivity contribution in [2.75, 3.05) is 13.2 Å². The number of rotatable bonds is 3. The van der Waals surface area contributed by atoms with E-state index in [1.165, 1.54) is 0 Å². The Morgan fingerprint density at radius 3 is 2.61 bits per heavy atom. The number of amides is 1. The number of nitrogens with zero attached hydrogens (tertiary/aromatic N) is 3. The van der Waals surface area contributed by atoms with E-state index in [1.54, 1.807) is 4.90 Å². The predicted molar refractivity (Wildman–Crippen MR) is 111 cm³/mol. The van der Waals surface area contributed by atoms with Gasteiger partial charge in [-0.3, -0.25) is 14.7 Å². The molecule has 1 saturated heterocycles. The zero-order valence-electron chi connectivity index (χ0n) is 15.6. The second-order valence-electron chi connectivity index (χ2n) is 7.19. The van der Waals surface area contributed by atoms with Crippen LogP contribution in [-0.2, 0) is 16.1 Å². The van der Waals surface area contributed by atoms with E-state index in [-0.39, 0.29) is 5.91 Å². The summed E-state index contributed by atoms with van der Waals surface area (Å²) in [6, 6.07) is 15.9. The van der Waals surface area contributed by atoms with Crippen LogP contribution in [0.25, 0.3) is 11.1 Å². The van der Waals surface area contributed by atoms with Gasteiger partial charge in [0.25, 0.3) is 5.91 Å². The lowest BCUT2D eigenvalue weighted by Crippen LogP contribution is -2.45. The molecule has 2 aliphatic heterocycles. The van der Waals surface area contributed by atoms with Crippen LogP contribution >= 0.6 is 15.9 Å². The molecular weight excluding hydrogens is 418 g/mol. The summed E-state index contributed by atoms with van der Waals surface area (Å²) in [6.07, 6.45) is 1.30. The normalized spacial score (nSPS) is 18.2. The first kappa shape index (κ1) is 18.9. The van der Waals surface area contributed by atoms with Gasteiger partial charge in [-0.15, -0.1) is 0 Å². The Morgan fingerprint density at radius 2 is 1.93 bits per heavy atom. The first-order chi connectivity index (χ1) is 13.5. The van der Waals surface area contributed by atoms with Gasteiger partial charge in [0.05, 0.1) is 18.2 Å². The molecule has 0 radical (unpaired) electrons. The molecule has 1 fully saturated rings. The van der Waals surface area contributed by atoms with Gasteiger partial charge in [-0.05, 0) is 36.2 Å². The van der Waals surface area contributed by atoms with Gasteiger partial charge in [0, 0.05) is 36.1 Å². The molecule has 2 aromatic carbocycles. The Balaban J connectivity index is 1.55. The number of halogens is 1. The summed E-state index contributed by atoms with van der Waals surface area (Å²) in [5.41, 5.74) is 2.90. The minimum absolute atomic E-state index is 0.0798. The van der Waals surface area contributed by atoms with Gasteiger partial charge >= 0.3 is 0 Å². The average Bonchev–Trinajstić information content (AvgIpc) is 2.93. The average molecular weight is 438 g/mol. The predicted octanol–water partition coefficient (Wildman–Crippen LogP) is 4.30. The van der Waals surface area contributed by atoms with E-state index in [2.05, 4.69) is 22.0 Å². The number of benzene rings is 2. The summed E-state index contributed by atoms with van der Waals surface area (Å²) in [7, 11) is 0. The lowest BCUT2D eigenvalue weighted by atomic mass is 9.90. The van der Waals surface area contributed by atoms with Crippen LogP contribution in [0.2, 0.25) is 0 Å². The van der Waals surface area contributed by atoms with Gasteiger partial charge in [0.15, 0.2) is 0 Å². The zero-order valence-corrected chi connectivity index (χ0v) is 17.2. The number of hydrogen-bond donors (Lipinski definition) is 0. The van der Waals surface area contributed by atoms with Crippen molar-refractivity contribution >= 4 is 27.7 Å². The van der Waals surface area contributed by atoms with Crippen LogP contribution in [0.1, 0.15) is 30.9 Å². The maximum atomic E-state index is 13.0. The molecule has 0 unspecified atom stereocenters. The molecule has 1 amide bonds. The maximum absolute atomic E-state index is 13.0. The number of hydrogen-bond acceptors (Lipinski definition) is 4. The van der Waals surface area contributed by atoms with Crippen molar-refractivity contribution in [2.24, 2.45) is 4.99 Å². The molecule has 0 saturated carbocycles. The third kappa shape index (κ3) is 3.36. The molecule has 6 heteroatoms. The second kappa shape index (κ2) is 7.50. The maximum Gasteiger partial charge on any atom is 0.256 e. The van der Waals surface area contributed by atoms with E-state index < -0.39 is 5.54 Å². The summed E-state index contributed by atoms with van der Waals surface area (Å²) in [6.45, 7) is 3.57. The molecule has 0 bridgehead atoms. The lowest BCUT2D eigenvalue weighted by molar-refractivity contribution is -0.134. The highest BCUT2D eigenvalue weighted by atomic mass is 79.9. The largest absolute Gasteiger partial charge is 0.381 e. The third-order valence-corrected chi connectivity index (χ3v) is 5.93. The molecular formula is C22H20BrN3O2. The van der Waals surface area contributed by atoms with Crippen molar-refractivity contribution in [3.63, 3.8) is 0 Å². The second-order valence-corrected chi connectivity index (χ2v) is 8.11. The standard InChI is InChI=1S/C22H20BrN3O2/c1-15-25-22(8-10-28-11-9-22)21(27)26(15)14-16-2-4-17(5-3-16)20-12-19(23)7-6-18(20)13-24/h2-7,12H,8-11,14H2,1H3. The van der Waals surface area contributed by atoms with Gasteiger partial charge in [-0.25, -0.2) is 0 Å². The summed E-state index contributed by atoms with van der Waals surface area (Å²) in [4.78, 5) is 19.5. The van der Waals surface area contributed by atoms with E-state index in [4.69, 9.17) is 9.73 Å². The van der Waals surface area contributed by atoms with Crippen LogP contribution in [0.4, 0.5) is 0 Å². The first-order valence-electron chi connectivity index (χ1n) is 9.27. The van der Waals surface area contributed by atoms with Crippen molar-refractivity contribution in [1.29, 1.82) is 5.26 Å². The number of carbonyl (C=O) groups excluding carboxylic acids is 1. The van der Waals surface area contributed by atoms with Gasteiger partial charge in [-0.1, -0.05) is 40.2 Å². The van der Waals surface area contributed by atoms with Crippen LogP contribution in [0.15, 0.2) is 51.9 Å². The number of ether oxygens (including phenoxy) is 1. The molecule has 2 aliphatic rings. The molecule has 0 atom stereocenters. The minimum atomic E-state index is -0.625. The highest BCUT2D eigenvalue weighted by Crippen LogP contribution is 2.34. The third-order valence-electron chi connectivity index (χ3n) is 5.44. The van der Waals surface area contributed by atoms with Crippen molar-refractivity contribution in [2.45, 2.75) is 31.8 Å². The summed E-state index contributed by atoms with van der Waals surface area (Å²) in [5, 5.41) is 9.36. The number of nitriles is 1. The molecule has 28 heavy (non-hydrogen) atoms. The summed E-state index contributed by atoms with van der Waals surface area (Å²) < 4.78 is 6.34. The molecule has 2 heterocycles. The molecule has 1 spiro atoms. The lowest BCUT2D eigenvalue weighted by Gasteiger charge is -2.29. The molecule has 4 rings (SSSR count). The molecule has 0 N–H and O–H groups in total. The Labute approximate surface area is 172 Å². The number of amidine groups is 1. The van der Waals surface area contributed by atoms with E-state index in [9.17, 15) is 10.1 Å². The fourth-order valence-corrected chi connectivity index (χ4v) is 4.22. The minimum Gasteiger partial charge on any atom is -0.381 e. The Hall–Kier alpha value is -2.49. The van der Waals surface area contributed by atoms with Crippen LogP contribution in [0.3, 0.4) is 0 Å². The number of aliphatic imine (C=N–C) groups is 1. The van der Waals surface area contributed by atoms with Crippen molar-refractivity contribution in [1.82, 2.24) is 4.90 Å². The van der Waals surface area contributed by atoms with Crippen molar-refractivity contribution in [3.8, 4) is 17.2 Å². The topological polar surface area (TPSA) is 65.7 Å². The van der Waals surface area contributed by atoms with Crippen LogP contribution < -0.4 is 0 Å². The van der Waals surface area contributed by atoms with Gasteiger partial charge in [0.2, 0.25) is 0 Å². The number of carbonyl (C=O) groups is 1. The molecule has 142 valence electrons. The fourth-order valence-electron chi connectivity index (χ4n) is 3.86. The van der Waals surface area contributed by atoms with Crippen LogP contribution in [-0.4, -0.2) is 35.4 Å². The molecule has 2 aromatic rings.